The number of rotatable bonds is 8. The second kappa shape index (κ2) is 9.21. The molecule has 2 rings (SSSR count). The maximum absolute atomic E-state index is 5.52. The van der Waals surface area contributed by atoms with Crippen molar-refractivity contribution in [1.82, 2.24) is 14.9 Å². The van der Waals surface area contributed by atoms with E-state index >= 15 is 0 Å². The lowest BCUT2D eigenvalue weighted by molar-refractivity contribution is 0.00129. The van der Waals surface area contributed by atoms with Gasteiger partial charge in [-0.1, -0.05) is 40.0 Å². The highest BCUT2D eigenvalue weighted by Crippen LogP contribution is 2.31. The molecule has 1 aliphatic heterocycles. The Balaban J connectivity index is 2.00. The van der Waals surface area contributed by atoms with E-state index in [4.69, 9.17) is 4.74 Å². The minimum atomic E-state index is 0.392. The zero-order valence-corrected chi connectivity index (χ0v) is 14.4. The van der Waals surface area contributed by atoms with Gasteiger partial charge in [-0.15, -0.1) is 0 Å². The Morgan fingerprint density at radius 2 is 2.00 bits per heavy atom. The molecular formula is C18H31N3O. The largest absolute Gasteiger partial charge is 0.379 e. The van der Waals surface area contributed by atoms with Crippen molar-refractivity contribution in [2.24, 2.45) is 11.8 Å². The summed E-state index contributed by atoms with van der Waals surface area (Å²) in [4.78, 5) is 11.2. The standard InChI is InChI=1S/C18H31N3O/c1-4-15(2)6-5-7-16(3)18(17-8-9-19-14-20-17)21-10-12-22-13-11-21/h8-9,14-16,18H,4-7,10-13H2,1-3H3. The van der Waals surface area contributed by atoms with Crippen LogP contribution in [0.2, 0.25) is 0 Å². The molecule has 0 N–H and O–H groups in total. The first-order valence-electron chi connectivity index (χ1n) is 8.80. The van der Waals surface area contributed by atoms with Gasteiger partial charge in [0.05, 0.1) is 24.9 Å². The summed E-state index contributed by atoms with van der Waals surface area (Å²) in [6.45, 7) is 10.7. The molecule has 1 aliphatic rings. The van der Waals surface area contributed by atoms with E-state index < -0.39 is 0 Å². The van der Waals surface area contributed by atoms with E-state index in [-0.39, 0.29) is 0 Å². The molecule has 22 heavy (non-hydrogen) atoms. The second-order valence-corrected chi connectivity index (χ2v) is 6.65. The van der Waals surface area contributed by atoms with Gasteiger partial charge in [0.2, 0.25) is 0 Å². The maximum Gasteiger partial charge on any atom is 0.115 e. The second-order valence-electron chi connectivity index (χ2n) is 6.65. The molecule has 2 heterocycles. The van der Waals surface area contributed by atoms with Gasteiger partial charge < -0.3 is 4.74 Å². The van der Waals surface area contributed by atoms with Crippen molar-refractivity contribution < 1.29 is 4.74 Å². The van der Waals surface area contributed by atoms with Crippen LogP contribution in [0.1, 0.15) is 58.2 Å². The third-order valence-corrected chi connectivity index (χ3v) is 4.94. The van der Waals surface area contributed by atoms with E-state index in [1.54, 1.807) is 6.33 Å². The van der Waals surface area contributed by atoms with Crippen LogP contribution in [0.3, 0.4) is 0 Å². The molecule has 3 atom stereocenters. The third-order valence-electron chi connectivity index (χ3n) is 4.94. The first-order valence-corrected chi connectivity index (χ1v) is 8.80. The zero-order chi connectivity index (χ0) is 15.8. The highest BCUT2D eigenvalue weighted by molar-refractivity contribution is 5.07. The van der Waals surface area contributed by atoms with Gasteiger partial charge in [0.25, 0.3) is 0 Å². The van der Waals surface area contributed by atoms with Crippen LogP contribution in [0.5, 0.6) is 0 Å². The summed E-state index contributed by atoms with van der Waals surface area (Å²) in [6.07, 6.45) is 8.72. The smallest absolute Gasteiger partial charge is 0.115 e. The van der Waals surface area contributed by atoms with Crippen molar-refractivity contribution >= 4 is 0 Å². The van der Waals surface area contributed by atoms with Gasteiger partial charge in [-0.3, -0.25) is 4.90 Å². The first-order chi connectivity index (χ1) is 10.7. The fourth-order valence-corrected chi connectivity index (χ4v) is 3.32. The van der Waals surface area contributed by atoms with Crippen molar-refractivity contribution in [1.29, 1.82) is 0 Å². The Labute approximate surface area is 135 Å². The Morgan fingerprint density at radius 3 is 2.64 bits per heavy atom. The molecule has 1 fully saturated rings. The van der Waals surface area contributed by atoms with Crippen molar-refractivity contribution in [2.75, 3.05) is 26.3 Å². The summed E-state index contributed by atoms with van der Waals surface area (Å²) in [7, 11) is 0. The average molecular weight is 305 g/mol. The molecule has 1 saturated heterocycles. The minimum Gasteiger partial charge on any atom is -0.379 e. The van der Waals surface area contributed by atoms with Crippen LogP contribution in [0, 0.1) is 11.8 Å². The predicted octanol–water partition coefficient (Wildman–Crippen LogP) is 3.70. The molecule has 124 valence electrons. The quantitative estimate of drug-likeness (QED) is 0.734. The summed E-state index contributed by atoms with van der Waals surface area (Å²) in [5.41, 5.74) is 1.16. The molecule has 4 nitrogen and oxygen atoms in total. The number of nitrogens with zero attached hydrogens (tertiary/aromatic N) is 3. The van der Waals surface area contributed by atoms with E-state index in [1.165, 1.54) is 25.7 Å². The Kier molecular flexibility index (Phi) is 7.26. The van der Waals surface area contributed by atoms with Crippen LogP contribution in [0.15, 0.2) is 18.6 Å². The van der Waals surface area contributed by atoms with Gasteiger partial charge in [0.15, 0.2) is 0 Å². The van der Waals surface area contributed by atoms with E-state index in [0.717, 1.165) is 37.9 Å². The van der Waals surface area contributed by atoms with E-state index in [2.05, 4.69) is 41.7 Å². The lowest BCUT2D eigenvalue weighted by Crippen LogP contribution is -2.41. The number of hydrogen-bond acceptors (Lipinski definition) is 4. The lowest BCUT2D eigenvalue weighted by atomic mass is 9.89. The molecule has 1 aromatic heterocycles. The Morgan fingerprint density at radius 1 is 1.23 bits per heavy atom. The van der Waals surface area contributed by atoms with E-state index in [9.17, 15) is 0 Å². The van der Waals surface area contributed by atoms with Crippen LogP contribution in [0.4, 0.5) is 0 Å². The fourth-order valence-electron chi connectivity index (χ4n) is 3.32. The fraction of sp³-hybridized carbons (Fsp3) is 0.778. The summed E-state index contributed by atoms with van der Waals surface area (Å²) < 4.78 is 5.52. The van der Waals surface area contributed by atoms with Gasteiger partial charge in [-0.05, 0) is 24.3 Å². The van der Waals surface area contributed by atoms with E-state index in [1.807, 2.05) is 6.20 Å². The molecule has 0 aliphatic carbocycles. The van der Waals surface area contributed by atoms with Crippen molar-refractivity contribution in [2.45, 2.75) is 52.5 Å². The van der Waals surface area contributed by atoms with E-state index in [0.29, 0.717) is 12.0 Å². The molecule has 0 amide bonds. The van der Waals surface area contributed by atoms with Gasteiger partial charge in [-0.25, -0.2) is 9.97 Å². The van der Waals surface area contributed by atoms with Crippen molar-refractivity contribution in [3.05, 3.63) is 24.3 Å². The van der Waals surface area contributed by atoms with Gasteiger partial charge in [0.1, 0.15) is 6.33 Å². The topological polar surface area (TPSA) is 38.2 Å². The molecule has 0 saturated carbocycles. The van der Waals surface area contributed by atoms with Gasteiger partial charge in [-0.2, -0.15) is 0 Å². The summed E-state index contributed by atoms with van der Waals surface area (Å²) in [5, 5.41) is 0. The summed E-state index contributed by atoms with van der Waals surface area (Å²) >= 11 is 0. The van der Waals surface area contributed by atoms with Crippen LogP contribution in [0.25, 0.3) is 0 Å². The number of aromatic nitrogens is 2. The molecule has 0 radical (unpaired) electrons. The number of morpholine rings is 1. The highest BCUT2D eigenvalue weighted by atomic mass is 16.5. The lowest BCUT2D eigenvalue weighted by Gasteiger charge is -2.37. The van der Waals surface area contributed by atoms with Gasteiger partial charge >= 0.3 is 0 Å². The molecule has 3 unspecified atom stereocenters. The van der Waals surface area contributed by atoms with Crippen LogP contribution in [-0.2, 0) is 4.74 Å². The number of ether oxygens (including phenoxy) is 1. The zero-order valence-electron chi connectivity index (χ0n) is 14.4. The summed E-state index contributed by atoms with van der Waals surface area (Å²) in [6, 6.07) is 2.47. The predicted molar refractivity (Wildman–Crippen MR) is 89.6 cm³/mol. The monoisotopic (exact) mass is 305 g/mol. The normalized spacial score (nSPS) is 20.5. The SMILES string of the molecule is CCC(C)CCCC(C)C(c1ccncn1)N1CCOCC1. The Hall–Kier alpha value is -1.00. The first kappa shape index (κ1) is 17.4. The molecular weight excluding hydrogens is 274 g/mol. The molecule has 0 bridgehead atoms. The maximum atomic E-state index is 5.52. The third kappa shape index (κ3) is 5.03. The van der Waals surface area contributed by atoms with Crippen LogP contribution in [-0.4, -0.2) is 41.2 Å². The minimum absolute atomic E-state index is 0.392. The molecule has 1 aromatic rings. The summed E-state index contributed by atoms with van der Waals surface area (Å²) in [5.74, 6) is 1.45. The molecule has 4 heteroatoms. The average Bonchev–Trinajstić information content (AvgIpc) is 2.57. The Bertz CT molecular complexity index is 406. The van der Waals surface area contributed by atoms with Gasteiger partial charge in [0, 0.05) is 19.3 Å². The molecule has 0 aromatic carbocycles. The molecule has 0 spiro atoms. The van der Waals surface area contributed by atoms with Crippen LogP contribution >= 0.6 is 0 Å². The van der Waals surface area contributed by atoms with Crippen molar-refractivity contribution in [3.63, 3.8) is 0 Å². The van der Waals surface area contributed by atoms with Crippen LogP contribution < -0.4 is 0 Å². The van der Waals surface area contributed by atoms with Crippen molar-refractivity contribution in [3.8, 4) is 0 Å². The highest BCUT2D eigenvalue weighted by Gasteiger charge is 2.28. The number of hydrogen-bond donors (Lipinski definition) is 0.